The minimum absolute atomic E-state index is 0.359. The number of hydrogen-bond donors (Lipinski definition) is 1. The first-order chi connectivity index (χ1) is 13.4. The zero-order chi connectivity index (χ0) is 20.1. The van der Waals surface area contributed by atoms with Crippen LogP contribution < -0.4 is 10.1 Å². The van der Waals surface area contributed by atoms with Crippen LogP contribution in [0.15, 0.2) is 24.3 Å². The van der Waals surface area contributed by atoms with E-state index >= 15 is 0 Å². The number of fused-ring (bicyclic) bond motifs is 1. The Balaban J connectivity index is 1.61. The molecule has 2 aliphatic rings. The summed E-state index contributed by atoms with van der Waals surface area (Å²) in [4.78, 5) is 15.1. The highest BCUT2D eigenvalue weighted by molar-refractivity contribution is 6.68. The van der Waals surface area contributed by atoms with Crippen LogP contribution in [0.1, 0.15) is 42.5 Å². The number of ether oxygens (including phenoxy) is 2. The first-order valence-electron chi connectivity index (χ1n) is 9.76. The van der Waals surface area contributed by atoms with Gasteiger partial charge in [-0.25, -0.2) is 0 Å². The molecule has 3 atom stereocenters. The number of rotatable bonds is 6. The normalized spacial score (nSPS) is 24.3. The number of amides is 1. The number of hydrogen-bond acceptors (Lipinski definition) is 4. The van der Waals surface area contributed by atoms with Gasteiger partial charge in [-0.3, -0.25) is 4.79 Å². The Morgan fingerprint density at radius 1 is 1.18 bits per heavy atom. The summed E-state index contributed by atoms with van der Waals surface area (Å²) in [6, 6.07) is 7.25. The zero-order valence-electron chi connectivity index (χ0n) is 16.0. The van der Waals surface area contributed by atoms with E-state index in [2.05, 4.69) is 10.2 Å². The van der Waals surface area contributed by atoms with Crippen molar-refractivity contribution < 1.29 is 14.3 Å². The Bertz CT molecular complexity index is 649. The maximum atomic E-state index is 12.6. The van der Waals surface area contributed by atoms with Gasteiger partial charge in [0.25, 0.3) is 5.91 Å². The maximum Gasteiger partial charge on any atom is 0.253 e. The Morgan fingerprint density at radius 2 is 1.89 bits per heavy atom. The van der Waals surface area contributed by atoms with Gasteiger partial charge in [0, 0.05) is 11.6 Å². The summed E-state index contributed by atoms with van der Waals surface area (Å²) < 4.78 is 9.30. The number of halogens is 3. The number of carbonyl (C=O) groups is 1. The molecule has 156 valence electrons. The molecule has 0 radical (unpaired) electrons. The highest BCUT2D eigenvalue weighted by Crippen LogP contribution is 2.34. The molecule has 1 amide bonds. The third kappa shape index (κ3) is 5.67. The molecule has 3 rings (SSSR count). The van der Waals surface area contributed by atoms with Gasteiger partial charge in [0.1, 0.15) is 5.75 Å². The van der Waals surface area contributed by atoms with Gasteiger partial charge >= 0.3 is 0 Å². The monoisotopic (exact) mass is 448 g/mol. The number of carbonyl (C=O) groups excluding carboxylic acids is 1. The van der Waals surface area contributed by atoms with Crippen molar-refractivity contribution in [3.05, 3.63) is 29.8 Å². The number of nitrogens with one attached hydrogen (secondary N) is 1. The molecular formula is C20H27Cl3N2O3. The van der Waals surface area contributed by atoms with E-state index < -0.39 is 10.0 Å². The molecule has 2 fully saturated rings. The second-order valence-electron chi connectivity index (χ2n) is 7.46. The molecule has 1 N–H and O–H groups in total. The number of methoxy groups -OCH3 is 1. The fourth-order valence-corrected chi connectivity index (χ4v) is 4.51. The first kappa shape index (κ1) is 22.0. The molecule has 8 heteroatoms. The van der Waals surface area contributed by atoms with Gasteiger partial charge < -0.3 is 19.7 Å². The molecule has 0 spiro atoms. The van der Waals surface area contributed by atoms with E-state index in [0.29, 0.717) is 29.9 Å². The summed E-state index contributed by atoms with van der Waals surface area (Å²) in [6.07, 6.45) is 4.93. The maximum absolute atomic E-state index is 12.6. The van der Waals surface area contributed by atoms with Crippen molar-refractivity contribution in [3.8, 4) is 5.75 Å². The highest BCUT2D eigenvalue weighted by Gasteiger charge is 2.38. The predicted octanol–water partition coefficient (Wildman–Crippen LogP) is 4.40. The van der Waals surface area contributed by atoms with Crippen LogP contribution in [-0.4, -0.2) is 53.7 Å². The lowest BCUT2D eigenvalue weighted by Crippen LogP contribution is -2.51. The van der Waals surface area contributed by atoms with E-state index in [-0.39, 0.29) is 5.91 Å². The van der Waals surface area contributed by atoms with Crippen molar-refractivity contribution in [3.63, 3.8) is 0 Å². The largest absolute Gasteiger partial charge is 0.497 e. The molecule has 0 aromatic heterocycles. The van der Waals surface area contributed by atoms with Gasteiger partial charge in [-0.2, -0.15) is 0 Å². The summed E-state index contributed by atoms with van der Waals surface area (Å²) >= 11 is 18.3. The van der Waals surface area contributed by atoms with Crippen LogP contribution in [0, 0.1) is 5.92 Å². The van der Waals surface area contributed by atoms with Crippen LogP contribution >= 0.6 is 34.8 Å². The lowest BCUT2D eigenvalue weighted by molar-refractivity contribution is -0.0325. The summed E-state index contributed by atoms with van der Waals surface area (Å²) in [5.41, 5.74) is 0.444. The zero-order valence-corrected chi connectivity index (χ0v) is 18.3. The van der Waals surface area contributed by atoms with Gasteiger partial charge in [0.2, 0.25) is 3.79 Å². The molecule has 0 aliphatic carbocycles. The first-order valence-corrected chi connectivity index (χ1v) is 10.9. The molecule has 28 heavy (non-hydrogen) atoms. The molecule has 0 unspecified atom stereocenters. The van der Waals surface area contributed by atoms with Crippen molar-refractivity contribution in [1.82, 2.24) is 10.2 Å². The van der Waals surface area contributed by atoms with E-state index in [1.54, 1.807) is 31.4 Å². The highest BCUT2D eigenvalue weighted by atomic mass is 35.6. The lowest BCUT2D eigenvalue weighted by Gasteiger charge is -2.44. The summed E-state index contributed by atoms with van der Waals surface area (Å²) in [6.45, 7) is 2.77. The second kappa shape index (κ2) is 9.86. The van der Waals surface area contributed by atoms with Crippen LogP contribution in [0.5, 0.6) is 5.75 Å². The van der Waals surface area contributed by atoms with Gasteiger partial charge in [-0.1, -0.05) is 41.2 Å². The van der Waals surface area contributed by atoms with Crippen molar-refractivity contribution in [1.29, 1.82) is 0 Å². The van der Waals surface area contributed by atoms with Crippen molar-refractivity contribution in [2.45, 2.75) is 48.2 Å². The smallest absolute Gasteiger partial charge is 0.253 e. The Labute approximate surface area is 181 Å². The quantitative estimate of drug-likeness (QED) is 0.516. The van der Waals surface area contributed by atoms with E-state index in [4.69, 9.17) is 44.3 Å². The Hall–Kier alpha value is -0.720. The van der Waals surface area contributed by atoms with Crippen LogP contribution in [0.3, 0.4) is 0 Å². The predicted molar refractivity (Wildman–Crippen MR) is 112 cm³/mol. The van der Waals surface area contributed by atoms with E-state index in [9.17, 15) is 4.79 Å². The van der Waals surface area contributed by atoms with E-state index in [0.717, 1.165) is 25.9 Å². The summed E-state index contributed by atoms with van der Waals surface area (Å²) in [7, 11) is 1.57. The van der Waals surface area contributed by atoms with Gasteiger partial charge in [-0.15, -0.1) is 0 Å². The number of piperidine rings is 2. The topological polar surface area (TPSA) is 50.8 Å². The Kier molecular flexibility index (Phi) is 7.74. The molecule has 1 aromatic rings. The molecule has 2 aliphatic heterocycles. The molecule has 2 heterocycles. The summed E-state index contributed by atoms with van der Waals surface area (Å²) in [5, 5.41) is 2.71. The summed E-state index contributed by atoms with van der Waals surface area (Å²) in [5.74, 6) is 0.698. The Morgan fingerprint density at radius 3 is 2.57 bits per heavy atom. The average Bonchev–Trinajstić information content (AvgIpc) is 2.70. The minimum atomic E-state index is -1.76. The molecule has 1 aromatic carbocycles. The molecule has 0 bridgehead atoms. The second-order valence-corrected chi connectivity index (χ2v) is 9.83. The van der Waals surface area contributed by atoms with Crippen molar-refractivity contribution in [2.24, 2.45) is 5.92 Å². The average molecular weight is 450 g/mol. The third-order valence-corrected chi connectivity index (χ3v) is 6.21. The molecule has 5 nitrogen and oxygen atoms in total. The third-order valence-electron chi connectivity index (χ3n) is 5.62. The van der Waals surface area contributed by atoms with Gasteiger partial charge in [0.05, 0.1) is 13.7 Å². The van der Waals surface area contributed by atoms with Crippen LogP contribution in [0.2, 0.25) is 0 Å². The van der Waals surface area contributed by atoms with Crippen LogP contribution in [0.4, 0.5) is 0 Å². The SMILES string of the molecule is COc1ccc(C(=O)N[C@H](OC[C@H]2CCCN3CCCC[C@H]23)C(Cl)(Cl)Cl)cc1. The standard InChI is InChI=1S/C20H27Cl3N2O3/c1-27-16-9-7-14(8-10-16)18(26)24-19(20(21,22)23)28-13-15-5-4-12-25-11-3-2-6-17(15)25/h7-10,15,17,19H,2-6,11-13H2,1H3,(H,24,26)/t15-,17-,19-/m1/s1. The lowest BCUT2D eigenvalue weighted by atomic mass is 9.84. The minimum Gasteiger partial charge on any atom is -0.497 e. The number of benzene rings is 1. The molecule has 2 saturated heterocycles. The van der Waals surface area contributed by atoms with Crippen LogP contribution in [-0.2, 0) is 4.74 Å². The molecule has 0 saturated carbocycles. The van der Waals surface area contributed by atoms with Crippen LogP contribution in [0.25, 0.3) is 0 Å². The van der Waals surface area contributed by atoms with Gasteiger partial charge in [-0.05, 0) is 69.0 Å². The van der Waals surface area contributed by atoms with E-state index in [1.807, 2.05) is 0 Å². The van der Waals surface area contributed by atoms with E-state index in [1.165, 1.54) is 19.3 Å². The fourth-order valence-electron chi connectivity index (χ4n) is 4.15. The van der Waals surface area contributed by atoms with Gasteiger partial charge in [0.15, 0.2) is 6.23 Å². The van der Waals surface area contributed by atoms with Crippen molar-refractivity contribution in [2.75, 3.05) is 26.8 Å². The van der Waals surface area contributed by atoms with Crippen molar-refractivity contribution >= 4 is 40.7 Å². The number of nitrogens with zero attached hydrogens (tertiary/aromatic N) is 1. The number of alkyl halides is 3. The molecular weight excluding hydrogens is 423 g/mol. The fraction of sp³-hybridized carbons (Fsp3) is 0.650.